The molecule has 1 atom stereocenters. The highest BCUT2D eigenvalue weighted by molar-refractivity contribution is 7.92. The van der Waals surface area contributed by atoms with Gasteiger partial charge in [-0.25, -0.2) is 12.8 Å². The monoisotopic (exact) mass is 351 g/mol. The van der Waals surface area contributed by atoms with Crippen LogP contribution in [0.2, 0.25) is 0 Å². The van der Waals surface area contributed by atoms with Gasteiger partial charge in [-0.05, 0) is 44.2 Å². The number of halogens is 1. The zero-order valence-electron chi connectivity index (χ0n) is 13.4. The van der Waals surface area contributed by atoms with E-state index >= 15 is 0 Å². The number of hydrogen-bond donors (Lipinski definition) is 1. The summed E-state index contributed by atoms with van der Waals surface area (Å²) in [5.74, 6) is 0.589. The number of benzene rings is 2. The zero-order valence-corrected chi connectivity index (χ0v) is 14.2. The second-order valence-electron chi connectivity index (χ2n) is 5.58. The van der Waals surface area contributed by atoms with E-state index in [4.69, 9.17) is 9.47 Å². The van der Waals surface area contributed by atoms with Crippen molar-refractivity contribution in [1.29, 1.82) is 0 Å². The van der Waals surface area contributed by atoms with E-state index in [1.54, 1.807) is 12.1 Å². The molecule has 0 saturated heterocycles. The molecule has 1 aliphatic rings. The summed E-state index contributed by atoms with van der Waals surface area (Å²) in [5.41, 5.74) is 1.28. The standard InChI is InChI=1S/C17H18FNO4S/c1-3-22-17-9-12-8-11(2)23-16(12)10-15(17)19-24(20,21)14-6-4-13(18)5-7-14/h4-7,9-11,19H,3,8H2,1-2H3/t11-/m0/s1. The number of hydrogen-bond acceptors (Lipinski definition) is 4. The summed E-state index contributed by atoms with van der Waals surface area (Å²) in [4.78, 5) is -0.0267. The van der Waals surface area contributed by atoms with Gasteiger partial charge in [0.1, 0.15) is 23.4 Å². The SMILES string of the molecule is CCOc1cc2c(cc1NS(=O)(=O)c1ccc(F)cc1)O[C@@H](C)C2. The summed E-state index contributed by atoms with van der Waals surface area (Å²) in [7, 11) is -3.85. The summed E-state index contributed by atoms with van der Waals surface area (Å²) >= 11 is 0. The van der Waals surface area contributed by atoms with Crippen molar-refractivity contribution < 1.29 is 22.3 Å². The van der Waals surface area contributed by atoms with E-state index in [2.05, 4.69) is 4.72 Å². The first-order chi connectivity index (χ1) is 11.4. The maximum Gasteiger partial charge on any atom is 0.262 e. The van der Waals surface area contributed by atoms with Crippen LogP contribution in [0, 0.1) is 5.82 Å². The molecule has 24 heavy (non-hydrogen) atoms. The van der Waals surface area contributed by atoms with E-state index in [0.717, 1.165) is 24.1 Å². The van der Waals surface area contributed by atoms with Crippen molar-refractivity contribution in [2.45, 2.75) is 31.3 Å². The molecule has 1 aliphatic heterocycles. The fourth-order valence-electron chi connectivity index (χ4n) is 2.61. The van der Waals surface area contributed by atoms with Crippen LogP contribution in [0.3, 0.4) is 0 Å². The van der Waals surface area contributed by atoms with Crippen molar-refractivity contribution in [2.24, 2.45) is 0 Å². The van der Waals surface area contributed by atoms with Gasteiger partial charge in [0.05, 0.1) is 17.2 Å². The van der Waals surface area contributed by atoms with E-state index in [-0.39, 0.29) is 11.0 Å². The molecule has 3 rings (SSSR count). The topological polar surface area (TPSA) is 64.6 Å². The quantitative estimate of drug-likeness (QED) is 0.897. The van der Waals surface area contributed by atoms with Crippen LogP contribution >= 0.6 is 0 Å². The third-order valence-corrected chi connectivity index (χ3v) is 5.05. The van der Waals surface area contributed by atoms with Crippen LogP contribution in [0.5, 0.6) is 11.5 Å². The Balaban J connectivity index is 1.96. The molecule has 7 heteroatoms. The Bertz CT molecular complexity index is 850. The fraction of sp³-hybridized carbons (Fsp3) is 0.294. The maximum absolute atomic E-state index is 13.0. The van der Waals surface area contributed by atoms with Crippen LogP contribution < -0.4 is 14.2 Å². The Kier molecular flexibility index (Phi) is 4.36. The molecule has 0 fully saturated rings. The molecule has 5 nitrogen and oxygen atoms in total. The lowest BCUT2D eigenvalue weighted by Gasteiger charge is -2.14. The Hall–Kier alpha value is -2.28. The first-order valence-corrected chi connectivity index (χ1v) is 9.12. The molecule has 128 valence electrons. The van der Waals surface area contributed by atoms with E-state index in [1.165, 1.54) is 12.1 Å². The minimum absolute atomic E-state index is 0.0267. The molecule has 0 saturated carbocycles. The molecule has 2 aromatic carbocycles. The number of rotatable bonds is 5. The van der Waals surface area contributed by atoms with Crippen molar-refractivity contribution in [2.75, 3.05) is 11.3 Å². The molecule has 0 amide bonds. The highest BCUT2D eigenvalue weighted by Crippen LogP contribution is 2.38. The molecule has 1 N–H and O–H groups in total. The maximum atomic E-state index is 13.0. The van der Waals surface area contributed by atoms with Crippen LogP contribution in [0.15, 0.2) is 41.3 Å². The zero-order chi connectivity index (χ0) is 17.3. The minimum Gasteiger partial charge on any atom is -0.492 e. The Morgan fingerprint density at radius 2 is 2.00 bits per heavy atom. The van der Waals surface area contributed by atoms with Crippen molar-refractivity contribution in [3.63, 3.8) is 0 Å². The molecule has 0 radical (unpaired) electrons. The molecule has 2 aromatic rings. The van der Waals surface area contributed by atoms with Gasteiger partial charge in [-0.1, -0.05) is 0 Å². The minimum atomic E-state index is -3.85. The Morgan fingerprint density at radius 3 is 2.67 bits per heavy atom. The molecule has 1 heterocycles. The van der Waals surface area contributed by atoms with Crippen molar-refractivity contribution in [1.82, 2.24) is 0 Å². The van der Waals surface area contributed by atoms with Crippen LogP contribution in [0.4, 0.5) is 10.1 Å². The van der Waals surface area contributed by atoms with Gasteiger partial charge in [0.2, 0.25) is 0 Å². The first-order valence-electron chi connectivity index (χ1n) is 7.64. The summed E-state index contributed by atoms with van der Waals surface area (Å²) in [6.45, 7) is 4.17. The summed E-state index contributed by atoms with van der Waals surface area (Å²) in [6.07, 6.45) is 0.791. The molecule has 0 bridgehead atoms. The highest BCUT2D eigenvalue weighted by Gasteiger charge is 2.24. The first kappa shape index (κ1) is 16.6. The van der Waals surface area contributed by atoms with Gasteiger partial charge in [-0.2, -0.15) is 0 Å². The smallest absolute Gasteiger partial charge is 0.262 e. The second kappa shape index (κ2) is 6.32. The lowest BCUT2D eigenvalue weighted by molar-refractivity contribution is 0.254. The second-order valence-corrected chi connectivity index (χ2v) is 7.26. The van der Waals surface area contributed by atoms with Crippen molar-refractivity contribution in [3.8, 4) is 11.5 Å². The molecular weight excluding hydrogens is 333 g/mol. The van der Waals surface area contributed by atoms with Crippen LogP contribution in [0.25, 0.3) is 0 Å². The molecular formula is C17H18FNO4S. The number of fused-ring (bicyclic) bond motifs is 1. The number of ether oxygens (including phenoxy) is 2. The summed E-state index contributed by atoms with van der Waals surface area (Å²) in [5, 5.41) is 0. The lowest BCUT2D eigenvalue weighted by atomic mass is 10.1. The van der Waals surface area contributed by atoms with Crippen LogP contribution in [-0.2, 0) is 16.4 Å². The normalized spacial score (nSPS) is 16.4. The highest BCUT2D eigenvalue weighted by atomic mass is 32.2. The van der Waals surface area contributed by atoms with Gasteiger partial charge in [-0.3, -0.25) is 4.72 Å². The molecule has 0 aromatic heterocycles. The van der Waals surface area contributed by atoms with Gasteiger partial charge >= 0.3 is 0 Å². The van der Waals surface area contributed by atoms with Gasteiger partial charge in [-0.15, -0.1) is 0 Å². The van der Waals surface area contributed by atoms with Crippen molar-refractivity contribution >= 4 is 15.7 Å². The van der Waals surface area contributed by atoms with E-state index < -0.39 is 15.8 Å². The number of anilines is 1. The Labute approximate surface area is 140 Å². The molecule has 0 unspecified atom stereocenters. The predicted molar refractivity (Wildman–Crippen MR) is 88.6 cm³/mol. The van der Waals surface area contributed by atoms with E-state index in [1.807, 2.05) is 13.8 Å². The summed E-state index contributed by atoms with van der Waals surface area (Å²) < 4.78 is 51.7. The van der Waals surface area contributed by atoms with Crippen LogP contribution in [-0.4, -0.2) is 21.1 Å². The summed E-state index contributed by atoms with van der Waals surface area (Å²) in [6, 6.07) is 8.06. The van der Waals surface area contributed by atoms with Crippen molar-refractivity contribution in [3.05, 3.63) is 47.8 Å². The van der Waals surface area contributed by atoms with Gasteiger partial charge in [0.25, 0.3) is 10.0 Å². The third-order valence-electron chi connectivity index (χ3n) is 3.67. The third kappa shape index (κ3) is 3.31. The molecule has 0 aliphatic carbocycles. The average molecular weight is 351 g/mol. The van der Waals surface area contributed by atoms with E-state index in [0.29, 0.717) is 23.8 Å². The van der Waals surface area contributed by atoms with Gasteiger partial charge in [0, 0.05) is 18.1 Å². The van der Waals surface area contributed by atoms with Gasteiger partial charge < -0.3 is 9.47 Å². The predicted octanol–water partition coefficient (Wildman–Crippen LogP) is 3.35. The van der Waals surface area contributed by atoms with E-state index in [9.17, 15) is 12.8 Å². The fourth-order valence-corrected chi connectivity index (χ4v) is 3.67. The average Bonchev–Trinajstić information content (AvgIpc) is 2.87. The lowest BCUT2D eigenvalue weighted by Crippen LogP contribution is -2.14. The van der Waals surface area contributed by atoms with Gasteiger partial charge in [0.15, 0.2) is 0 Å². The number of nitrogens with one attached hydrogen (secondary N) is 1. The Morgan fingerprint density at radius 1 is 1.29 bits per heavy atom. The number of sulfonamides is 1. The molecule has 0 spiro atoms. The van der Waals surface area contributed by atoms with Crippen LogP contribution in [0.1, 0.15) is 19.4 Å². The largest absolute Gasteiger partial charge is 0.492 e.